The summed E-state index contributed by atoms with van der Waals surface area (Å²) in [5.41, 5.74) is 0.561. The van der Waals surface area contributed by atoms with Crippen LogP contribution in [0.25, 0.3) is 22.3 Å². The molecule has 0 bridgehead atoms. The van der Waals surface area contributed by atoms with Crippen molar-refractivity contribution in [3.05, 3.63) is 49.1 Å². The summed E-state index contributed by atoms with van der Waals surface area (Å²) in [6.07, 6.45) is 0. The smallest absolute Gasteiger partial charge is 0.291 e. The zero-order chi connectivity index (χ0) is 15.3. The number of hydrogen-bond donors (Lipinski definition) is 1. The average molecular weight is 325 g/mol. The predicted octanol–water partition coefficient (Wildman–Crippen LogP) is 1.93. The van der Waals surface area contributed by atoms with E-state index in [-0.39, 0.29) is 0 Å². The van der Waals surface area contributed by atoms with Gasteiger partial charge in [0.2, 0.25) is 0 Å². The highest BCUT2D eigenvalue weighted by Crippen LogP contribution is 2.30. The zero-order valence-electron chi connectivity index (χ0n) is 11.1. The van der Waals surface area contributed by atoms with E-state index in [1.165, 1.54) is 11.7 Å². The van der Waals surface area contributed by atoms with E-state index in [1.807, 2.05) is 0 Å². The van der Waals surface area contributed by atoms with Crippen molar-refractivity contribution in [3.63, 3.8) is 0 Å². The lowest BCUT2D eigenvalue weighted by atomic mass is 10.1. The highest BCUT2D eigenvalue weighted by molar-refractivity contribution is 6.42. The molecule has 0 unspecified atom stereocenters. The fraction of sp³-hybridized carbons (Fsp3) is 0.154. The van der Waals surface area contributed by atoms with Crippen LogP contribution in [0, 0.1) is 0 Å². The van der Waals surface area contributed by atoms with Gasteiger partial charge < -0.3 is 0 Å². The molecule has 1 aromatic carbocycles. The molecule has 0 spiro atoms. The van der Waals surface area contributed by atoms with Crippen LogP contribution < -0.4 is 11.2 Å². The Bertz CT molecular complexity index is 984. The van der Waals surface area contributed by atoms with Crippen LogP contribution >= 0.6 is 23.2 Å². The first-order valence-corrected chi connectivity index (χ1v) is 6.77. The highest BCUT2D eigenvalue weighted by atomic mass is 35.5. The number of aromatic amines is 1. The molecular formula is C13H10Cl2N4O2. The van der Waals surface area contributed by atoms with Gasteiger partial charge in [0, 0.05) is 19.7 Å². The maximum Gasteiger partial charge on any atom is 0.329 e. The maximum absolute atomic E-state index is 12.3. The van der Waals surface area contributed by atoms with Crippen molar-refractivity contribution in [2.45, 2.75) is 0 Å². The SMILES string of the molecule is Cn1c(=O)[nH]c2c(c(-c3ccc(Cl)c(Cl)c3)nn2C)c1=O. The van der Waals surface area contributed by atoms with Crippen LogP contribution in [0.15, 0.2) is 27.8 Å². The third-order valence-corrected chi connectivity index (χ3v) is 4.03. The van der Waals surface area contributed by atoms with Crippen molar-refractivity contribution >= 4 is 34.2 Å². The molecule has 3 rings (SSSR count). The fourth-order valence-electron chi connectivity index (χ4n) is 2.16. The van der Waals surface area contributed by atoms with Gasteiger partial charge in [-0.05, 0) is 12.1 Å². The number of hydrogen-bond acceptors (Lipinski definition) is 3. The predicted molar refractivity (Wildman–Crippen MR) is 82.0 cm³/mol. The summed E-state index contributed by atoms with van der Waals surface area (Å²) < 4.78 is 2.46. The Morgan fingerprint density at radius 2 is 1.86 bits per heavy atom. The lowest BCUT2D eigenvalue weighted by Crippen LogP contribution is -2.32. The summed E-state index contributed by atoms with van der Waals surface area (Å²) in [7, 11) is 3.06. The van der Waals surface area contributed by atoms with Crippen molar-refractivity contribution in [1.82, 2.24) is 19.3 Å². The lowest BCUT2D eigenvalue weighted by molar-refractivity contribution is 0.759. The molecule has 0 radical (unpaired) electrons. The second-order valence-electron chi connectivity index (χ2n) is 4.62. The minimum Gasteiger partial charge on any atom is -0.291 e. The monoisotopic (exact) mass is 324 g/mol. The minimum absolute atomic E-state index is 0.331. The Morgan fingerprint density at radius 1 is 1.14 bits per heavy atom. The highest BCUT2D eigenvalue weighted by Gasteiger charge is 2.17. The van der Waals surface area contributed by atoms with Gasteiger partial charge >= 0.3 is 5.69 Å². The molecule has 21 heavy (non-hydrogen) atoms. The first-order chi connectivity index (χ1) is 9.90. The molecule has 0 aliphatic carbocycles. The maximum atomic E-state index is 12.3. The molecule has 0 saturated heterocycles. The van der Waals surface area contributed by atoms with Gasteiger partial charge in [-0.25, -0.2) is 4.79 Å². The summed E-state index contributed by atoms with van der Waals surface area (Å²) in [6.45, 7) is 0. The van der Waals surface area contributed by atoms with Gasteiger partial charge in [0.1, 0.15) is 16.7 Å². The van der Waals surface area contributed by atoms with Crippen LogP contribution in [0.2, 0.25) is 10.0 Å². The molecule has 0 fully saturated rings. The number of aromatic nitrogens is 4. The molecule has 3 aromatic rings. The Hall–Kier alpha value is -2.05. The molecular weight excluding hydrogens is 315 g/mol. The van der Waals surface area contributed by atoms with Crippen molar-refractivity contribution in [3.8, 4) is 11.3 Å². The van der Waals surface area contributed by atoms with E-state index in [1.54, 1.807) is 25.2 Å². The van der Waals surface area contributed by atoms with E-state index < -0.39 is 11.2 Å². The minimum atomic E-state index is -0.490. The largest absolute Gasteiger partial charge is 0.329 e. The van der Waals surface area contributed by atoms with E-state index >= 15 is 0 Å². The van der Waals surface area contributed by atoms with Crippen LogP contribution in [0.3, 0.4) is 0 Å². The molecule has 2 heterocycles. The van der Waals surface area contributed by atoms with Crippen molar-refractivity contribution in [1.29, 1.82) is 0 Å². The third kappa shape index (κ3) is 2.07. The topological polar surface area (TPSA) is 72.7 Å². The fourth-order valence-corrected chi connectivity index (χ4v) is 2.46. The van der Waals surface area contributed by atoms with Gasteiger partial charge in [-0.3, -0.25) is 19.0 Å². The number of benzene rings is 1. The molecule has 108 valence electrons. The zero-order valence-corrected chi connectivity index (χ0v) is 12.7. The average Bonchev–Trinajstić information content (AvgIpc) is 2.77. The number of H-pyrrole nitrogens is 1. The summed E-state index contributed by atoms with van der Waals surface area (Å²) in [5.74, 6) is 0. The normalized spacial score (nSPS) is 11.2. The van der Waals surface area contributed by atoms with E-state index in [0.29, 0.717) is 32.3 Å². The van der Waals surface area contributed by atoms with Gasteiger partial charge in [-0.2, -0.15) is 5.10 Å². The number of nitrogens with one attached hydrogen (secondary N) is 1. The quantitative estimate of drug-likeness (QED) is 0.743. The van der Waals surface area contributed by atoms with Gasteiger partial charge in [0.05, 0.1) is 10.0 Å². The van der Waals surface area contributed by atoms with Crippen LogP contribution in [-0.2, 0) is 14.1 Å². The van der Waals surface area contributed by atoms with Crippen LogP contribution in [0.5, 0.6) is 0 Å². The Morgan fingerprint density at radius 3 is 2.52 bits per heavy atom. The number of aryl methyl sites for hydroxylation is 1. The van der Waals surface area contributed by atoms with Gasteiger partial charge in [-0.15, -0.1) is 0 Å². The molecule has 1 N–H and O–H groups in total. The third-order valence-electron chi connectivity index (χ3n) is 3.29. The van der Waals surface area contributed by atoms with Crippen molar-refractivity contribution < 1.29 is 0 Å². The summed E-state index contributed by atoms with van der Waals surface area (Å²) in [6, 6.07) is 4.99. The first-order valence-electron chi connectivity index (χ1n) is 6.01. The van der Waals surface area contributed by atoms with Gasteiger partial charge in [0.15, 0.2) is 0 Å². The van der Waals surface area contributed by atoms with E-state index in [9.17, 15) is 9.59 Å². The molecule has 2 aromatic heterocycles. The number of nitrogens with zero attached hydrogens (tertiary/aromatic N) is 3. The molecule has 8 heteroatoms. The summed E-state index contributed by atoms with van der Waals surface area (Å²) in [4.78, 5) is 26.6. The molecule has 6 nitrogen and oxygen atoms in total. The van der Waals surface area contributed by atoms with Gasteiger partial charge in [-0.1, -0.05) is 29.3 Å². The Labute approximate surface area is 128 Å². The van der Waals surface area contributed by atoms with Crippen LogP contribution in [0.4, 0.5) is 0 Å². The Kier molecular flexibility index (Phi) is 3.15. The molecule has 0 saturated carbocycles. The molecule has 0 atom stereocenters. The first kappa shape index (κ1) is 13.9. The second kappa shape index (κ2) is 4.75. The van der Waals surface area contributed by atoms with E-state index in [4.69, 9.17) is 23.2 Å². The van der Waals surface area contributed by atoms with Crippen molar-refractivity contribution in [2.24, 2.45) is 14.1 Å². The number of fused-ring (bicyclic) bond motifs is 1. The van der Waals surface area contributed by atoms with Crippen LogP contribution in [0.1, 0.15) is 0 Å². The molecule has 0 aliphatic heterocycles. The molecule has 0 amide bonds. The number of rotatable bonds is 1. The lowest BCUT2D eigenvalue weighted by Gasteiger charge is -2.01. The van der Waals surface area contributed by atoms with Crippen molar-refractivity contribution in [2.75, 3.05) is 0 Å². The second-order valence-corrected chi connectivity index (χ2v) is 5.43. The van der Waals surface area contributed by atoms with Gasteiger partial charge in [0.25, 0.3) is 5.56 Å². The molecule has 0 aliphatic rings. The summed E-state index contributed by atoms with van der Waals surface area (Å²) in [5, 5.41) is 5.42. The van der Waals surface area contributed by atoms with Crippen LogP contribution in [-0.4, -0.2) is 19.3 Å². The van der Waals surface area contributed by atoms with E-state index in [0.717, 1.165) is 4.57 Å². The number of halogens is 2. The van der Waals surface area contributed by atoms with E-state index in [2.05, 4.69) is 10.1 Å². The standard InChI is InChI=1S/C13H10Cl2N4O2/c1-18-12(20)9-10(6-3-4-7(14)8(15)5-6)17-19(2)11(9)16-13(18)21/h3-5H,1-2H3,(H,16,21). The summed E-state index contributed by atoms with van der Waals surface area (Å²) >= 11 is 11.9. The Balaban J connectivity index is 2.44.